The summed E-state index contributed by atoms with van der Waals surface area (Å²) in [5.74, 6) is 0. The summed E-state index contributed by atoms with van der Waals surface area (Å²) in [6.07, 6.45) is 5.72. The van der Waals surface area contributed by atoms with E-state index in [0.29, 0.717) is 12.1 Å². The molecule has 4 rings (SSSR count). The van der Waals surface area contributed by atoms with Gasteiger partial charge in [0.1, 0.15) is 0 Å². The van der Waals surface area contributed by atoms with Gasteiger partial charge >= 0.3 is 6.03 Å². The molecule has 3 fully saturated rings. The van der Waals surface area contributed by atoms with Crippen molar-refractivity contribution < 1.29 is 9.53 Å². The van der Waals surface area contributed by atoms with Crippen LogP contribution in [0.5, 0.6) is 0 Å². The van der Waals surface area contributed by atoms with Crippen molar-refractivity contribution in [3.8, 4) is 0 Å². The van der Waals surface area contributed by atoms with Gasteiger partial charge in [-0.15, -0.1) is 0 Å². The maximum absolute atomic E-state index is 13.0. The summed E-state index contributed by atoms with van der Waals surface area (Å²) in [6.45, 7) is 2.48. The van der Waals surface area contributed by atoms with E-state index in [0.717, 1.165) is 44.5 Å². The van der Waals surface area contributed by atoms with E-state index in [1.807, 2.05) is 23.1 Å². The Morgan fingerprint density at radius 1 is 1.16 bits per heavy atom. The first-order valence-electron chi connectivity index (χ1n) is 9.66. The number of benzene rings is 1. The van der Waals surface area contributed by atoms with Crippen LogP contribution in [0.1, 0.15) is 43.7 Å². The van der Waals surface area contributed by atoms with Crippen LogP contribution in [0, 0.1) is 0 Å². The zero-order chi connectivity index (χ0) is 17.2. The van der Waals surface area contributed by atoms with Gasteiger partial charge in [0.05, 0.1) is 12.1 Å². The quantitative estimate of drug-likeness (QED) is 0.918. The Morgan fingerprint density at radius 2 is 1.96 bits per heavy atom. The van der Waals surface area contributed by atoms with E-state index in [9.17, 15) is 4.79 Å². The number of nitrogens with one attached hydrogen (secondary N) is 1. The molecule has 0 saturated carbocycles. The Hall–Kier alpha value is -1.59. The lowest BCUT2D eigenvalue weighted by atomic mass is 9.99. The Bertz CT molecular complexity index is 588. The molecular weight excluding hydrogens is 314 g/mol. The Balaban J connectivity index is 1.47. The minimum Gasteiger partial charge on any atom is -0.376 e. The van der Waals surface area contributed by atoms with Crippen LogP contribution >= 0.6 is 0 Å². The lowest BCUT2D eigenvalue weighted by Gasteiger charge is -2.30. The van der Waals surface area contributed by atoms with Crippen molar-refractivity contribution in [3.63, 3.8) is 0 Å². The predicted molar refractivity (Wildman–Crippen MR) is 97.5 cm³/mol. The number of amides is 2. The van der Waals surface area contributed by atoms with Gasteiger partial charge in [-0.05, 0) is 44.7 Å². The van der Waals surface area contributed by atoms with E-state index in [1.165, 1.54) is 12.8 Å². The molecule has 0 aromatic heterocycles. The van der Waals surface area contributed by atoms with Crippen molar-refractivity contribution in [2.24, 2.45) is 0 Å². The molecule has 2 bridgehead atoms. The minimum atomic E-state index is -0.0608. The fourth-order valence-electron chi connectivity index (χ4n) is 4.63. The molecule has 5 heteroatoms. The van der Waals surface area contributed by atoms with Crippen molar-refractivity contribution in [1.82, 2.24) is 15.1 Å². The van der Waals surface area contributed by atoms with Gasteiger partial charge in [-0.3, -0.25) is 4.90 Å². The van der Waals surface area contributed by atoms with Crippen LogP contribution in [0.2, 0.25) is 0 Å². The zero-order valence-corrected chi connectivity index (χ0v) is 15.1. The molecule has 25 heavy (non-hydrogen) atoms. The summed E-state index contributed by atoms with van der Waals surface area (Å²) < 4.78 is 5.91. The molecule has 5 nitrogen and oxygen atoms in total. The molecule has 2 amide bonds. The molecule has 0 spiro atoms. The third kappa shape index (κ3) is 3.53. The van der Waals surface area contributed by atoms with E-state index in [-0.39, 0.29) is 18.2 Å². The second kappa shape index (κ2) is 7.34. The topological polar surface area (TPSA) is 44.8 Å². The monoisotopic (exact) mass is 343 g/mol. The van der Waals surface area contributed by atoms with E-state index >= 15 is 0 Å². The highest BCUT2D eigenvalue weighted by Crippen LogP contribution is 2.30. The fraction of sp³-hybridized carbons (Fsp3) is 0.650. The SMILES string of the molecule is CN1C2CCC1CN(C(=O)NC(c1ccccc1)C1CCCO1)CC2. The summed E-state index contributed by atoms with van der Waals surface area (Å²) >= 11 is 0. The smallest absolute Gasteiger partial charge is 0.318 e. The van der Waals surface area contributed by atoms with Crippen LogP contribution in [0.25, 0.3) is 0 Å². The number of likely N-dealkylation sites (N-methyl/N-ethyl adjacent to an activating group) is 1. The van der Waals surface area contributed by atoms with Crippen LogP contribution < -0.4 is 5.32 Å². The van der Waals surface area contributed by atoms with Gasteiger partial charge in [0.15, 0.2) is 0 Å². The summed E-state index contributed by atoms with van der Waals surface area (Å²) in [7, 11) is 2.21. The molecule has 1 N–H and O–H groups in total. The van der Waals surface area contributed by atoms with Gasteiger partial charge in [0.2, 0.25) is 0 Å². The lowest BCUT2D eigenvalue weighted by molar-refractivity contribution is 0.0776. The minimum absolute atomic E-state index is 0.0605. The van der Waals surface area contributed by atoms with E-state index in [2.05, 4.69) is 29.4 Å². The van der Waals surface area contributed by atoms with Crippen LogP contribution in [0.15, 0.2) is 30.3 Å². The van der Waals surface area contributed by atoms with Crippen LogP contribution in [0.4, 0.5) is 4.79 Å². The molecule has 1 aromatic carbocycles. The summed E-state index contributed by atoms with van der Waals surface area (Å²) in [4.78, 5) is 17.5. The molecule has 4 unspecified atom stereocenters. The van der Waals surface area contributed by atoms with E-state index in [1.54, 1.807) is 0 Å². The van der Waals surface area contributed by atoms with Gasteiger partial charge < -0.3 is 15.0 Å². The van der Waals surface area contributed by atoms with Crippen molar-refractivity contribution in [2.45, 2.75) is 56.3 Å². The first kappa shape index (κ1) is 16.9. The molecule has 0 aliphatic carbocycles. The standard InChI is InChI=1S/C20H29N3O2/c1-22-16-9-10-17(22)14-23(12-11-16)20(24)21-19(18-8-5-13-25-18)15-6-3-2-4-7-15/h2-4,6-7,16-19H,5,8-14H2,1H3,(H,21,24). The first-order valence-corrected chi connectivity index (χ1v) is 9.66. The van der Waals surface area contributed by atoms with Crippen LogP contribution in [-0.2, 0) is 4.74 Å². The van der Waals surface area contributed by atoms with Gasteiger partial charge in [0, 0.05) is 31.8 Å². The number of ether oxygens (including phenoxy) is 1. The number of carbonyl (C=O) groups excluding carboxylic acids is 1. The highest BCUT2D eigenvalue weighted by Gasteiger charge is 2.37. The third-order valence-corrected chi connectivity index (χ3v) is 6.21. The molecule has 3 aliphatic rings. The molecule has 136 valence electrons. The average Bonchev–Trinajstić information content (AvgIpc) is 3.22. The largest absolute Gasteiger partial charge is 0.376 e. The fourth-order valence-corrected chi connectivity index (χ4v) is 4.63. The number of carbonyl (C=O) groups is 1. The Kier molecular flexibility index (Phi) is 4.95. The summed E-state index contributed by atoms with van der Waals surface area (Å²) in [6, 6.07) is 11.4. The van der Waals surface area contributed by atoms with Crippen molar-refractivity contribution in [3.05, 3.63) is 35.9 Å². The normalized spacial score (nSPS) is 30.9. The summed E-state index contributed by atoms with van der Waals surface area (Å²) in [5, 5.41) is 3.29. The molecular formula is C20H29N3O2. The van der Waals surface area contributed by atoms with Crippen molar-refractivity contribution >= 4 is 6.03 Å². The third-order valence-electron chi connectivity index (χ3n) is 6.21. The van der Waals surface area contributed by atoms with Gasteiger partial charge in [-0.25, -0.2) is 4.79 Å². The second-order valence-electron chi connectivity index (χ2n) is 7.67. The lowest BCUT2D eigenvalue weighted by Crippen LogP contribution is -2.47. The highest BCUT2D eigenvalue weighted by atomic mass is 16.5. The van der Waals surface area contributed by atoms with Gasteiger partial charge in [-0.2, -0.15) is 0 Å². The van der Waals surface area contributed by atoms with Crippen LogP contribution in [-0.4, -0.2) is 60.8 Å². The Labute approximate surface area is 150 Å². The van der Waals surface area contributed by atoms with Crippen molar-refractivity contribution in [2.75, 3.05) is 26.7 Å². The number of fused-ring (bicyclic) bond motifs is 2. The van der Waals surface area contributed by atoms with E-state index in [4.69, 9.17) is 4.74 Å². The summed E-state index contributed by atoms with van der Waals surface area (Å²) in [5.41, 5.74) is 1.14. The van der Waals surface area contributed by atoms with Gasteiger partial charge in [0.25, 0.3) is 0 Å². The first-order chi connectivity index (χ1) is 12.2. The molecule has 3 aliphatic heterocycles. The Morgan fingerprint density at radius 3 is 2.72 bits per heavy atom. The number of nitrogens with zero attached hydrogens (tertiary/aromatic N) is 2. The number of rotatable bonds is 3. The zero-order valence-electron chi connectivity index (χ0n) is 15.1. The second-order valence-corrected chi connectivity index (χ2v) is 7.67. The maximum Gasteiger partial charge on any atom is 0.318 e. The number of hydrogen-bond donors (Lipinski definition) is 1. The average molecular weight is 343 g/mol. The van der Waals surface area contributed by atoms with E-state index < -0.39 is 0 Å². The maximum atomic E-state index is 13.0. The van der Waals surface area contributed by atoms with Gasteiger partial charge in [-0.1, -0.05) is 30.3 Å². The molecule has 0 radical (unpaired) electrons. The number of hydrogen-bond acceptors (Lipinski definition) is 3. The number of likely N-dealkylation sites (tertiary alicyclic amines) is 1. The number of urea groups is 1. The molecule has 4 atom stereocenters. The highest BCUT2D eigenvalue weighted by molar-refractivity contribution is 5.75. The van der Waals surface area contributed by atoms with Crippen molar-refractivity contribution in [1.29, 1.82) is 0 Å². The predicted octanol–water partition coefficient (Wildman–Crippen LogP) is 2.78. The van der Waals surface area contributed by atoms with Crippen LogP contribution in [0.3, 0.4) is 0 Å². The molecule has 3 heterocycles. The molecule has 3 saturated heterocycles. The molecule has 1 aromatic rings.